The molecule has 0 bridgehead atoms. The van der Waals surface area contributed by atoms with E-state index < -0.39 is 5.97 Å². The number of hydrogen-bond donors (Lipinski definition) is 1. The molecule has 1 fully saturated rings. The first-order valence-electron chi connectivity index (χ1n) is 9.04. The lowest BCUT2D eigenvalue weighted by Crippen LogP contribution is -2.23. The second kappa shape index (κ2) is 8.48. The molecule has 134 valence electrons. The molecule has 1 heterocycles. The standard InChI is InChI=1S/C22H23NO3/c24-21(14-7-17-5-8-19(9-6-17)22(25)26)18-10-12-20(13-11-18)23-15-3-1-2-4-16-23/h5-14H,1-4,15-16H2,(H,25,26)/b14-7+. The molecular formula is C22H23NO3. The smallest absolute Gasteiger partial charge is 0.335 e. The summed E-state index contributed by atoms with van der Waals surface area (Å²) in [6, 6.07) is 14.2. The average Bonchev–Trinajstić information content (AvgIpc) is 2.96. The molecule has 0 aliphatic carbocycles. The predicted molar refractivity (Wildman–Crippen MR) is 104 cm³/mol. The van der Waals surface area contributed by atoms with Crippen molar-refractivity contribution in [2.24, 2.45) is 0 Å². The normalized spacial score (nSPS) is 15.0. The van der Waals surface area contributed by atoms with E-state index in [1.165, 1.54) is 49.6 Å². The summed E-state index contributed by atoms with van der Waals surface area (Å²) in [7, 11) is 0. The molecule has 0 amide bonds. The van der Waals surface area contributed by atoms with Gasteiger partial charge in [-0.05, 0) is 60.9 Å². The van der Waals surface area contributed by atoms with Crippen molar-refractivity contribution in [2.45, 2.75) is 25.7 Å². The zero-order valence-electron chi connectivity index (χ0n) is 14.7. The zero-order valence-corrected chi connectivity index (χ0v) is 14.7. The molecule has 26 heavy (non-hydrogen) atoms. The summed E-state index contributed by atoms with van der Waals surface area (Å²) in [6.07, 6.45) is 8.28. The van der Waals surface area contributed by atoms with Crippen molar-refractivity contribution in [3.8, 4) is 0 Å². The van der Waals surface area contributed by atoms with E-state index in [9.17, 15) is 9.59 Å². The Morgan fingerprint density at radius 1 is 0.808 bits per heavy atom. The Morgan fingerprint density at radius 3 is 1.96 bits per heavy atom. The molecule has 0 saturated carbocycles. The Bertz CT molecular complexity index is 783. The Balaban J connectivity index is 1.64. The van der Waals surface area contributed by atoms with Gasteiger partial charge >= 0.3 is 5.97 Å². The van der Waals surface area contributed by atoms with Gasteiger partial charge in [-0.15, -0.1) is 0 Å². The van der Waals surface area contributed by atoms with Crippen LogP contribution in [0.2, 0.25) is 0 Å². The Hall–Kier alpha value is -2.88. The van der Waals surface area contributed by atoms with Crippen molar-refractivity contribution in [3.05, 3.63) is 71.3 Å². The highest BCUT2D eigenvalue weighted by Crippen LogP contribution is 2.20. The highest BCUT2D eigenvalue weighted by atomic mass is 16.4. The van der Waals surface area contributed by atoms with Crippen LogP contribution in [0.1, 0.15) is 52.0 Å². The van der Waals surface area contributed by atoms with Crippen LogP contribution in [0.15, 0.2) is 54.6 Å². The Morgan fingerprint density at radius 2 is 1.38 bits per heavy atom. The van der Waals surface area contributed by atoms with Crippen LogP contribution in [0.4, 0.5) is 5.69 Å². The van der Waals surface area contributed by atoms with Gasteiger partial charge in [-0.3, -0.25) is 4.79 Å². The number of rotatable bonds is 5. The maximum atomic E-state index is 12.3. The molecule has 1 N–H and O–H groups in total. The van der Waals surface area contributed by atoms with Gasteiger partial charge in [0, 0.05) is 24.3 Å². The minimum absolute atomic E-state index is 0.0604. The van der Waals surface area contributed by atoms with Gasteiger partial charge in [-0.2, -0.15) is 0 Å². The van der Waals surface area contributed by atoms with E-state index in [1.54, 1.807) is 18.2 Å². The molecule has 2 aromatic rings. The van der Waals surface area contributed by atoms with Crippen molar-refractivity contribution in [3.63, 3.8) is 0 Å². The summed E-state index contributed by atoms with van der Waals surface area (Å²) >= 11 is 0. The van der Waals surface area contributed by atoms with Crippen LogP contribution in [0.3, 0.4) is 0 Å². The van der Waals surface area contributed by atoms with E-state index >= 15 is 0 Å². The van der Waals surface area contributed by atoms with Crippen molar-refractivity contribution in [1.82, 2.24) is 0 Å². The molecule has 4 heteroatoms. The highest BCUT2D eigenvalue weighted by molar-refractivity contribution is 6.07. The van der Waals surface area contributed by atoms with Gasteiger partial charge in [0.2, 0.25) is 0 Å². The van der Waals surface area contributed by atoms with Crippen molar-refractivity contribution in [1.29, 1.82) is 0 Å². The lowest BCUT2D eigenvalue weighted by atomic mass is 10.1. The molecule has 0 radical (unpaired) electrons. The number of benzene rings is 2. The zero-order chi connectivity index (χ0) is 18.4. The Labute approximate surface area is 153 Å². The summed E-state index contributed by atoms with van der Waals surface area (Å²) in [6.45, 7) is 2.17. The fourth-order valence-electron chi connectivity index (χ4n) is 3.17. The van der Waals surface area contributed by atoms with Gasteiger partial charge in [0.15, 0.2) is 5.78 Å². The van der Waals surface area contributed by atoms with Gasteiger partial charge in [0.1, 0.15) is 0 Å². The van der Waals surface area contributed by atoms with Crippen molar-refractivity contribution >= 4 is 23.5 Å². The first-order valence-corrected chi connectivity index (χ1v) is 9.04. The number of carbonyl (C=O) groups is 2. The quantitative estimate of drug-likeness (QED) is 0.630. The largest absolute Gasteiger partial charge is 0.478 e. The van der Waals surface area contributed by atoms with Crippen LogP contribution < -0.4 is 4.90 Å². The Kier molecular flexibility index (Phi) is 5.84. The van der Waals surface area contributed by atoms with Crippen molar-refractivity contribution in [2.75, 3.05) is 18.0 Å². The SMILES string of the molecule is O=C(O)c1ccc(/C=C/C(=O)c2ccc(N3CCCCCC3)cc2)cc1. The van der Waals surface area contributed by atoms with Gasteiger partial charge in [0.05, 0.1) is 5.56 Å². The molecule has 0 spiro atoms. The molecule has 2 aromatic carbocycles. The van der Waals surface area contributed by atoms with Crippen LogP contribution in [0, 0.1) is 0 Å². The molecule has 3 rings (SSSR count). The first-order chi connectivity index (χ1) is 12.6. The molecule has 4 nitrogen and oxygen atoms in total. The van der Waals surface area contributed by atoms with Gasteiger partial charge in [0.25, 0.3) is 0 Å². The van der Waals surface area contributed by atoms with E-state index in [0.29, 0.717) is 5.56 Å². The molecule has 1 aliphatic heterocycles. The number of carbonyl (C=O) groups excluding carboxylic acids is 1. The molecule has 0 atom stereocenters. The average molecular weight is 349 g/mol. The summed E-state index contributed by atoms with van der Waals surface area (Å²) in [4.78, 5) is 25.6. The fraction of sp³-hybridized carbons (Fsp3) is 0.273. The van der Waals surface area contributed by atoms with Crippen LogP contribution in [0.25, 0.3) is 6.08 Å². The predicted octanol–water partition coefficient (Wildman–Crippen LogP) is 4.66. The topological polar surface area (TPSA) is 57.6 Å². The lowest BCUT2D eigenvalue weighted by molar-refractivity contribution is 0.0696. The molecule has 0 unspecified atom stereocenters. The number of carboxylic acids is 1. The minimum Gasteiger partial charge on any atom is -0.478 e. The first kappa shape index (κ1) is 17.9. The number of nitrogens with zero attached hydrogens (tertiary/aromatic N) is 1. The lowest BCUT2D eigenvalue weighted by Gasteiger charge is -2.22. The molecule has 0 aromatic heterocycles. The number of aromatic carboxylic acids is 1. The summed E-state index contributed by atoms with van der Waals surface area (Å²) in [5.41, 5.74) is 2.86. The van der Waals surface area contributed by atoms with E-state index in [2.05, 4.69) is 4.90 Å². The maximum Gasteiger partial charge on any atom is 0.335 e. The monoisotopic (exact) mass is 349 g/mol. The van der Waals surface area contributed by atoms with Crippen LogP contribution in [-0.4, -0.2) is 29.9 Å². The van der Waals surface area contributed by atoms with Crippen LogP contribution in [-0.2, 0) is 0 Å². The summed E-state index contributed by atoms with van der Waals surface area (Å²) in [5, 5.41) is 8.90. The molecule has 1 aliphatic rings. The van der Waals surface area contributed by atoms with Gasteiger partial charge in [-0.1, -0.05) is 31.1 Å². The highest BCUT2D eigenvalue weighted by Gasteiger charge is 2.10. The summed E-state index contributed by atoms with van der Waals surface area (Å²) in [5.74, 6) is -1.02. The summed E-state index contributed by atoms with van der Waals surface area (Å²) < 4.78 is 0. The molecular weight excluding hydrogens is 326 g/mol. The second-order valence-corrected chi connectivity index (χ2v) is 6.57. The number of anilines is 1. The van der Waals surface area contributed by atoms with E-state index in [4.69, 9.17) is 5.11 Å². The van der Waals surface area contributed by atoms with E-state index in [-0.39, 0.29) is 11.3 Å². The maximum absolute atomic E-state index is 12.3. The third-order valence-corrected chi connectivity index (χ3v) is 4.71. The second-order valence-electron chi connectivity index (χ2n) is 6.57. The van der Waals surface area contributed by atoms with Gasteiger partial charge in [-0.25, -0.2) is 4.79 Å². The van der Waals surface area contributed by atoms with E-state index in [0.717, 1.165) is 18.7 Å². The molecule has 1 saturated heterocycles. The van der Waals surface area contributed by atoms with Crippen molar-refractivity contribution < 1.29 is 14.7 Å². The number of ketones is 1. The van der Waals surface area contributed by atoms with E-state index in [1.807, 2.05) is 24.3 Å². The third kappa shape index (κ3) is 4.60. The third-order valence-electron chi connectivity index (χ3n) is 4.71. The van der Waals surface area contributed by atoms with Crippen LogP contribution >= 0.6 is 0 Å². The number of hydrogen-bond acceptors (Lipinski definition) is 3. The minimum atomic E-state index is -0.957. The van der Waals surface area contributed by atoms with Crippen LogP contribution in [0.5, 0.6) is 0 Å². The van der Waals surface area contributed by atoms with Gasteiger partial charge < -0.3 is 10.0 Å². The number of carboxylic acid groups (broad SMARTS) is 1. The number of allylic oxidation sites excluding steroid dienone is 1. The fourth-order valence-corrected chi connectivity index (χ4v) is 3.17.